The van der Waals surface area contributed by atoms with Gasteiger partial charge in [0.1, 0.15) is 5.75 Å². The van der Waals surface area contributed by atoms with Crippen LogP contribution in [0.3, 0.4) is 0 Å². The lowest BCUT2D eigenvalue weighted by Gasteiger charge is -2.11. The topological polar surface area (TPSA) is 9.23 Å². The van der Waals surface area contributed by atoms with Gasteiger partial charge in [-0.25, -0.2) is 0 Å². The summed E-state index contributed by atoms with van der Waals surface area (Å²) in [5, 5.41) is 0. The van der Waals surface area contributed by atoms with Gasteiger partial charge >= 0.3 is 0 Å². The van der Waals surface area contributed by atoms with Crippen molar-refractivity contribution in [1.29, 1.82) is 0 Å². The van der Waals surface area contributed by atoms with Crippen molar-refractivity contribution in [2.45, 2.75) is 19.8 Å². The van der Waals surface area contributed by atoms with E-state index < -0.39 is 0 Å². The number of hydrogen-bond acceptors (Lipinski definition) is 1. The summed E-state index contributed by atoms with van der Waals surface area (Å²) in [6, 6.07) is 5.96. The lowest BCUT2D eigenvalue weighted by Crippen LogP contribution is -1.96. The Morgan fingerprint density at radius 3 is 2.69 bits per heavy atom. The third-order valence-electron chi connectivity index (χ3n) is 2.26. The fourth-order valence-corrected chi connectivity index (χ4v) is 1.41. The van der Waals surface area contributed by atoms with E-state index >= 15 is 0 Å². The van der Waals surface area contributed by atoms with Crippen LogP contribution in [-0.2, 0) is 0 Å². The summed E-state index contributed by atoms with van der Waals surface area (Å²) in [6.07, 6.45) is 5.37. The standard InChI is InChI=1S/C12H14O/c1-5-9(2)11-7-6-8-12(13-4)10(11)3/h1,6-9H,2-4H3. The van der Waals surface area contributed by atoms with E-state index in [0.29, 0.717) is 0 Å². The Morgan fingerprint density at radius 1 is 1.46 bits per heavy atom. The van der Waals surface area contributed by atoms with Crippen LogP contribution in [0, 0.1) is 19.3 Å². The SMILES string of the molecule is C#CC(C)c1cccc(OC)c1C. The van der Waals surface area contributed by atoms with Crippen molar-refractivity contribution in [3.8, 4) is 18.1 Å². The Hall–Kier alpha value is -1.42. The number of benzene rings is 1. The molecule has 0 saturated carbocycles. The van der Waals surface area contributed by atoms with E-state index in [2.05, 4.69) is 5.92 Å². The van der Waals surface area contributed by atoms with Crippen LogP contribution < -0.4 is 4.74 Å². The summed E-state index contributed by atoms with van der Waals surface area (Å²) < 4.78 is 5.21. The molecule has 0 radical (unpaired) electrons. The van der Waals surface area contributed by atoms with Gasteiger partial charge < -0.3 is 4.74 Å². The minimum absolute atomic E-state index is 0.148. The molecular weight excluding hydrogens is 160 g/mol. The highest BCUT2D eigenvalue weighted by Gasteiger charge is 2.08. The van der Waals surface area contributed by atoms with Gasteiger partial charge in [0, 0.05) is 5.92 Å². The van der Waals surface area contributed by atoms with Gasteiger partial charge in [0.15, 0.2) is 0 Å². The van der Waals surface area contributed by atoms with Crippen LogP contribution in [0.1, 0.15) is 24.0 Å². The smallest absolute Gasteiger partial charge is 0.122 e. The molecule has 0 bridgehead atoms. The summed E-state index contributed by atoms with van der Waals surface area (Å²) in [7, 11) is 1.67. The molecule has 1 unspecified atom stereocenters. The molecule has 0 aliphatic carbocycles. The van der Waals surface area contributed by atoms with E-state index in [1.807, 2.05) is 32.0 Å². The molecular formula is C12H14O. The predicted octanol–water partition coefficient (Wildman–Crippen LogP) is 2.74. The van der Waals surface area contributed by atoms with Gasteiger partial charge in [0.25, 0.3) is 0 Å². The fourth-order valence-electron chi connectivity index (χ4n) is 1.41. The summed E-state index contributed by atoms with van der Waals surface area (Å²) in [4.78, 5) is 0. The Kier molecular flexibility index (Phi) is 2.97. The van der Waals surface area contributed by atoms with Crippen molar-refractivity contribution in [3.05, 3.63) is 29.3 Å². The number of terminal acetylenes is 1. The second-order valence-corrected chi connectivity index (χ2v) is 3.06. The molecule has 0 amide bonds. The molecule has 1 atom stereocenters. The summed E-state index contributed by atoms with van der Waals surface area (Å²) in [5.74, 6) is 3.77. The third-order valence-corrected chi connectivity index (χ3v) is 2.26. The quantitative estimate of drug-likeness (QED) is 0.626. The second kappa shape index (κ2) is 4.00. The zero-order valence-electron chi connectivity index (χ0n) is 8.29. The molecule has 0 aromatic heterocycles. The fraction of sp³-hybridized carbons (Fsp3) is 0.333. The first-order valence-corrected chi connectivity index (χ1v) is 4.30. The number of ether oxygens (including phenoxy) is 1. The molecule has 1 heteroatoms. The van der Waals surface area contributed by atoms with Gasteiger partial charge in [-0.15, -0.1) is 6.42 Å². The Morgan fingerprint density at radius 2 is 2.15 bits per heavy atom. The molecule has 68 valence electrons. The molecule has 0 N–H and O–H groups in total. The normalized spacial score (nSPS) is 11.8. The Bertz CT molecular complexity index is 333. The molecule has 1 aromatic carbocycles. The van der Waals surface area contributed by atoms with Crippen LogP contribution in [0.4, 0.5) is 0 Å². The Labute approximate surface area is 79.7 Å². The maximum Gasteiger partial charge on any atom is 0.122 e. The highest BCUT2D eigenvalue weighted by atomic mass is 16.5. The summed E-state index contributed by atoms with van der Waals surface area (Å²) >= 11 is 0. The van der Waals surface area contributed by atoms with E-state index in [4.69, 9.17) is 11.2 Å². The first-order valence-electron chi connectivity index (χ1n) is 4.30. The van der Waals surface area contributed by atoms with E-state index in [9.17, 15) is 0 Å². The van der Waals surface area contributed by atoms with E-state index in [1.165, 1.54) is 5.56 Å². The van der Waals surface area contributed by atoms with Crippen LogP contribution in [0.2, 0.25) is 0 Å². The van der Waals surface area contributed by atoms with Crippen molar-refractivity contribution in [3.63, 3.8) is 0 Å². The highest BCUT2D eigenvalue weighted by molar-refractivity contribution is 5.42. The molecule has 0 aliphatic heterocycles. The first kappa shape index (κ1) is 9.67. The van der Waals surface area contributed by atoms with Crippen molar-refractivity contribution in [1.82, 2.24) is 0 Å². The minimum atomic E-state index is 0.148. The van der Waals surface area contributed by atoms with E-state index in [-0.39, 0.29) is 5.92 Å². The number of hydrogen-bond donors (Lipinski definition) is 0. The highest BCUT2D eigenvalue weighted by Crippen LogP contribution is 2.26. The van der Waals surface area contributed by atoms with Crippen LogP contribution in [0.15, 0.2) is 18.2 Å². The monoisotopic (exact) mass is 174 g/mol. The van der Waals surface area contributed by atoms with Gasteiger partial charge in [0.05, 0.1) is 7.11 Å². The molecule has 0 saturated heterocycles. The molecule has 13 heavy (non-hydrogen) atoms. The molecule has 0 spiro atoms. The van der Waals surface area contributed by atoms with Gasteiger partial charge in [-0.2, -0.15) is 0 Å². The second-order valence-electron chi connectivity index (χ2n) is 3.06. The zero-order valence-corrected chi connectivity index (χ0v) is 8.29. The molecule has 0 aliphatic rings. The van der Waals surface area contributed by atoms with Crippen LogP contribution in [0.25, 0.3) is 0 Å². The van der Waals surface area contributed by atoms with Gasteiger partial charge in [-0.3, -0.25) is 0 Å². The van der Waals surface area contributed by atoms with Gasteiger partial charge in [0.2, 0.25) is 0 Å². The van der Waals surface area contributed by atoms with E-state index in [1.54, 1.807) is 7.11 Å². The molecule has 1 rings (SSSR count). The molecule has 0 heterocycles. The maximum absolute atomic E-state index is 5.37. The number of methoxy groups -OCH3 is 1. The molecule has 1 nitrogen and oxygen atoms in total. The zero-order chi connectivity index (χ0) is 9.84. The van der Waals surface area contributed by atoms with E-state index in [0.717, 1.165) is 11.3 Å². The van der Waals surface area contributed by atoms with Gasteiger partial charge in [-0.05, 0) is 31.0 Å². The maximum atomic E-state index is 5.37. The largest absolute Gasteiger partial charge is 0.496 e. The molecule has 1 aromatic rings. The summed E-state index contributed by atoms with van der Waals surface area (Å²) in [6.45, 7) is 4.05. The predicted molar refractivity (Wildman–Crippen MR) is 55.0 cm³/mol. The average Bonchev–Trinajstić information content (AvgIpc) is 2.17. The average molecular weight is 174 g/mol. The van der Waals surface area contributed by atoms with Crippen LogP contribution >= 0.6 is 0 Å². The van der Waals surface area contributed by atoms with Crippen molar-refractivity contribution >= 4 is 0 Å². The minimum Gasteiger partial charge on any atom is -0.496 e. The third kappa shape index (κ3) is 1.84. The lowest BCUT2D eigenvalue weighted by atomic mass is 9.97. The van der Waals surface area contributed by atoms with Crippen LogP contribution in [-0.4, -0.2) is 7.11 Å². The van der Waals surface area contributed by atoms with Crippen LogP contribution in [0.5, 0.6) is 5.75 Å². The summed E-state index contributed by atoms with van der Waals surface area (Å²) in [5.41, 5.74) is 2.30. The van der Waals surface area contributed by atoms with Crippen molar-refractivity contribution in [2.24, 2.45) is 0 Å². The Balaban J connectivity index is 3.17. The van der Waals surface area contributed by atoms with Crippen molar-refractivity contribution < 1.29 is 4.74 Å². The van der Waals surface area contributed by atoms with Crippen molar-refractivity contribution in [2.75, 3.05) is 7.11 Å². The lowest BCUT2D eigenvalue weighted by molar-refractivity contribution is 0.411. The first-order chi connectivity index (χ1) is 6.20. The molecule has 0 fully saturated rings. The van der Waals surface area contributed by atoms with Gasteiger partial charge in [-0.1, -0.05) is 18.1 Å². The number of rotatable bonds is 2.